The Morgan fingerprint density at radius 3 is 2.88 bits per heavy atom. The van der Waals surface area contributed by atoms with Crippen molar-refractivity contribution in [2.75, 3.05) is 5.75 Å². The summed E-state index contributed by atoms with van der Waals surface area (Å²) in [5.41, 5.74) is 0. The highest BCUT2D eigenvalue weighted by Crippen LogP contribution is 2.38. The van der Waals surface area contributed by atoms with Gasteiger partial charge < -0.3 is 9.67 Å². The van der Waals surface area contributed by atoms with Crippen LogP contribution >= 0.6 is 11.8 Å². The van der Waals surface area contributed by atoms with Gasteiger partial charge in [-0.25, -0.2) is 0 Å². The van der Waals surface area contributed by atoms with Gasteiger partial charge in [-0.3, -0.25) is 4.79 Å². The summed E-state index contributed by atoms with van der Waals surface area (Å²) < 4.78 is 2.12. The van der Waals surface area contributed by atoms with Crippen molar-refractivity contribution in [3.8, 4) is 0 Å². The standard InChI is InChI=1S/C11H17N3O2S/c1-7-4-3-5-9(7)14-8(2)12-13-11(14)17-6-10(15)16/h7,9H,3-6H2,1-2H3,(H,15,16). The van der Waals surface area contributed by atoms with E-state index in [-0.39, 0.29) is 5.75 Å². The zero-order valence-electron chi connectivity index (χ0n) is 10.1. The molecule has 2 atom stereocenters. The summed E-state index contributed by atoms with van der Waals surface area (Å²) in [6.07, 6.45) is 3.60. The highest BCUT2D eigenvalue weighted by Gasteiger charge is 2.28. The van der Waals surface area contributed by atoms with E-state index in [9.17, 15) is 4.79 Å². The van der Waals surface area contributed by atoms with E-state index in [1.54, 1.807) is 0 Å². The molecule has 0 saturated heterocycles. The minimum absolute atomic E-state index is 0.0409. The predicted molar refractivity (Wildman–Crippen MR) is 65.2 cm³/mol. The maximum atomic E-state index is 10.6. The van der Waals surface area contributed by atoms with Crippen LogP contribution in [0.25, 0.3) is 0 Å². The molecular weight excluding hydrogens is 238 g/mol. The Kier molecular flexibility index (Phi) is 3.71. The van der Waals surface area contributed by atoms with Crippen molar-refractivity contribution in [2.45, 2.75) is 44.3 Å². The Labute approximate surface area is 105 Å². The van der Waals surface area contributed by atoms with Gasteiger partial charge in [-0.1, -0.05) is 25.1 Å². The fourth-order valence-corrected chi connectivity index (χ4v) is 3.22. The van der Waals surface area contributed by atoms with E-state index >= 15 is 0 Å². The molecule has 1 heterocycles. The molecule has 1 fully saturated rings. The fraction of sp³-hybridized carbons (Fsp3) is 0.727. The summed E-state index contributed by atoms with van der Waals surface area (Å²) in [6, 6.07) is 0.432. The Balaban J connectivity index is 2.19. The molecule has 94 valence electrons. The van der Waals surface area contributed by atoms with Crippen LogP contribution in [-0.2, 0) is 4.79 Å². The Bertz CT molecular complexity index is 419. The smallest absolute Gasteiger partial charge is 0.313 e. The van der Waals surface area contributed by atoms with Gasteiger partial charge in [-0.15, -0.1) is 10.2 Å². The first kappa shape index (κ1) is 12.4. The van der Waals surface area contributed by atoms with E-state index in [0.717, 1.165) is 17.4 Å². The molecule has 0 aliphatic heterocycles. The zero-order valence-corrected chi connectivity index (χ0v) is 10.9. The van der Waals surface area contributed by atoms with Crippen LogP contribution in [0.3, 0.4) is 0 Å². The van der Waals surface area contributed by atoms with Crippen LogP contribution in [-0.4, -0.2) is 31.6 Å². The number of aromatic nitrogens is 3. The lowest BCUT2D eigenvalue weighted by atomic mass is 10.1. The fourth-order valence-electron chi connectivity index (χ4n) is 2.47. The van der Waals surface area contributed by atoms with E-state index in [2.05, 4.69) is 21.7 Å². The largest absolute Gasteiger partial charge is 0.481 e. The third-order valence-corrected chi connectivity index (χ3v) is 4.24. The minimum Gasteiger partial charge on any atom is -0.481 e. The van der Waals surface area contributed by atoms with Gasteiger partial charge in [0.15, 0.2) is 5.16 Å². The molecule has 0 aromatic carbocycles. The average Bonchev–Trinajstić information content (AvgIpc) is 2.82. The number of hydrogen-bond acceptors (Lipinski definition) is 4. The molecule has 6 heteroatoms. The zero-order chi connectivity index (χ0) is 12.4. The van der Waals surface area contributed by atoms with E-state index in [1.165, 1.54) is 24.6 Å². The van der Waals surface area contributed by atoms with Gasteiger partial charge in [-0.2, -0.15) is 0 Å². The molecule has 0 radical (unpaired) electrons. The minimum atomic E-state index is -0.818. The van der Waals surface area contributed by atoms with Gasteiger partial charge in [0, 0.05) is 6.04 Å². The van der Waals surface area contributed by atoms with Gasteiger partial charge in [0.1, 0.15) is 5.82 Å². The third kappa shape index (κ3) is 2.62. The van der Waals surface area contributed by atoms with Crippen LogP contribution in [0.5, 0.6) is 0 Å². The topological polar surface area (TPSA) is 68.0 Å². The number of carboxylic acids is 1. The van der Waals surface area contributed by atoms with E-state index in [0.29, 0.717) is 12.0 Å². The van der Waals surface area contributed by atoms with Gasteiger partial charge >= 0.3 is 5.97 Å². The SMILES string of the molecule is Cc1nnc(SCC(=O)O)n1C1CCCC1C. The number of hydrogen-bond donors (Lipinski definition) is 1. The van der Waals surface area contributed by atoms with E-state index < -0.39 is 5.97 Å². The lowest BCUT2D eigenvalue weighted by Gasteiger charge is -2.19. The van der Waals surface area contributed by atoms with Crippen LogP contribution in [0, 0.1) is 12.8 Å². The Morgan fingerprint density at radius 2 is 2.29 bits per heavy atom. The van der Waals surface area contributed by atoms with Crippen LogP contribution in [0.2, 0.25) is 0 Å². The Morgan fingerprint density at radius 1 is 1.53 bits per heavy atom. The van der Waals surface area contributed by atoms with Crippen LogP contribution in [0.15, 0.2) is 5.16 Å². The maximum absolute atomic E-state index is 10.6. The molecule has 2 unspecified atom stereocenters. The number of aliphatic carboxylic acids is 1. The van der Waals surface area contributed by atoms with Gasteiger partial charge in [0.2, 0.25) is 0 Å². The summed E-state index contributed by atoms with van der Waals surface area (Å²) in [5.74, 6) is 0.728. The van der Waals surface area contributed by atoms with Gasteiger partial charge in [-0.05, 0) is 25.7 Å². The third-order valence-electron chi connectivity index (χ3n) is 3.31. The van der Waals surface area contributed by atoms with Crippen molar-refractivity contribution in [1.29, 1.82) is 0 Å². The maximum Gasteiger partial charge on any atom is 0.313 e. The van der Waals surface area contributed by atoms with Crippen molar-refractivity contribution in [3.63, 3.8) is 0 Å². The predicted octanol–water partition coefficient (Wildman–Crippen LogP) is 2.12. The molecule has 1 aliphatic carbocycles. The molecule has 1 aromatic heterocycles. The number of carbonyl (C=O) groups is 1. The van der Waals surface area contributed by atoms with Gasteiger partial charge in [0.25, 0.3) is 0 Å². The summed E-state index contributed by atoms with van der Waals surface area (Å²) in [5, 5.41) is 17.6. The first-order chi connectivity index (χ1) is 8.09. The molecule has 1 aliphatic rings. The molecular formula is C11H17N3O2S. The average molecular weight is 255 g/mol. The second-order valence-corrected chi connectivity index (χ2v) is 5.50. The summed E-state index contributed by atoms with van der Waals surface area (Å²) >= 11 is 1.25. The summed E-state index contributed by atoms with van der Waals surface area (Å²) in [4.78, 5) is 10.6. The number of thioether (sulfide) groups is 1. The van der Waals surface area contributed by atoms with Crippen LogP contribution < -0.4 is 0 Å². The monoisotopic (exact) mass is 255 g/mol. The van der Waals surface area contributed by atoms with E-state index in [1.807, 2.05) is 6.92 Å². The molecule has 1 aromatic rings. The number of carboxylic acid groups (broad SMARTS) is 1. The van der Waals surface area contributed by atoms with Crippen molar-refractivity contribution >= 4 is 17.7 Å². The quantitative estimate of drug-likeness (QED) is 0.835. The molecule has 2 rings (SSSR count). The first-order valence-electron chi connectivity index (χ1n) is 5.85. The summed E-state index contributed by atoms with van der Waals surface area (Å²) in [7, 11) is 0. The highest BCUT2D eigenvalue weighted by molar-refractivity contribution is 7.99. The van der Waals surface area contributed by atoms with Crippen molar-refractivity contribution in [2.24, 2.45) is 5.92 Å². The Hall–Kier alpha value is -1.04. The molecule has 1 saturated carbocycles. The molecule has 0 bridgehead atoms. The molecule has 5 nitrogen and oxygen atoms in total. The van der Waals surface area contributed by atoms with Crippen molar-refractivity contribution < 1.29 is 9.90 Å². The second kappa shape index (κ2) is 5.08. The molecule has 0 spiro atoms. The number of aryl methyl sites for hydroxylation is 1. The lowest BCUT2D eigenvalue weighted by Crippen LogP contribution is -2.14. The van der Waals surface area contributed by atoms with Crippen molar-refractivity contribution in [3.05, 3.63) is 5.82 Å². The number of rotatable bonds is 4. The molecule has 17 heavy (non-hydrogen) atoms. The van der Waals surface area contributed by atoms with Crippen LogP contribution in [0.1, 0.15) is 38.1 Å². The molecule has 1 N–H and O–H groups in total. The second-order valence-electron chi connectivity index (χ2n) is 4.56. The van der Waals surface area contributed by atoms with Gasteiger partial charge in [0.05, 0.1) is 5.75 Å². The lowest BCUT2D eigenvalue weighted by molar-refractivity contribution is -0.133. The van der Waals surface area contributed by atoms with Crippen LogP contribution in [0.4, 0.5) is 0 Å². The molecule has 0 amide bonds. The summed E-state index contributed by atoms with van der Waals surface area (Å²) in [6.45, 7) is 4.17. The normalized spacial score (nSPS) is 24.1. The number of nitrogens with zero attached hydrogens (tertiary/aromatic N) is 3. The first-order valence-corrected chi connectivity index (χ1v) is 6.84. The van der Waals surface area contributed by atoms with Crippen molar-refractivity contribution in [1.82, 2.24) is 14.8 Å². The highest BCUT2D eigenvalue weighted by atomic mass is 32.2. The van der Waals surface area contributed by atoms with E-state index in [4.69, 9.17) is 5.11 Å².